The summed E-state index contributed by atoms with van der Waals surface area (Å²) in [6.45, 7) is 0.650. The molecule has 0 aliphatic heterocycles. The summed E-state index contributed by atoms with van der Waals surface area (Å²) in [6.07, 6.45) is 5.69. The van der Waals surface area contributed by atoms with Crippen LogP contribution in [0.1, 0.15) is 22.3 Å². The van der Waals surface area contributed by atoms with Crippen LogP contribution in [0.5, 0.6) is 5.75 Å². The number of H-pyrrole nitrogens is 1. The highest BCUT2D eigenvalue weighted by Gasteiger charge is 2.23. The van der Waals surface area contributed by atoms with Crippen LogP contribution >= 0.6 is 23.2 Å². The van der Waals surface area contributed by atoms with Crippen LogP contribution in [-0.2, 0) is 55.4 Å². The fourth-order valence-corrected chi connectivity index (χ4v) is 9.61. The van der Waals surface area contributed by atoms with Crippen molar-refractivity contribution >= 4 is 101 Å². The number of carbonyl (C=O) groups is 2. The highest BCUT2D eigenvalue weighted by Crippen LogP contribution is 2.31. The molecule has 0 aliphatic rings. The molecule has 17 nitrogen and oxygen atoms in total. The molecule has 0 bridgehead atoms. The lowest BCUT2D eigenvalue weighted by molar-refractivity contribution is -0.116. The third-order valence-corrected chi connectivity index (χ3v) is 13.4. The van der Waals surface area contributed by atoms with Gasteiger partial charge < -0.3 is 25.2 Å². The maximum atomic E-state index is 13.5. The van der Waals surface area contributed by atoms with E-state index in [0.29, 0.717) is 68.2 Å². The van der Waals surface area contributed by atoms with Gasteiger partial charge in [0, 0.05) is 71.6 Å². The first-order valence-corrected chi connectivity index (χ1v) is 23.8. The van der Waals surface area contributed by atoms with Gasteiger partial charge in [-0.3, -0.25) is 19.4 Å². The number of amides is 2. The number of methoxy groups -OCH3 is 1. The largest absolute Gasteiger partial charge is 0.496 e. The molecule has 2 heterocycles. The lowest BCUT2D eigenvalue weighted by Gasteiger charge is -2.14. The molecule has 342 valence electrons. The highest BCUT2D eigenvalue weighted by molar-refractivity contribution is 7.90. The predicted molar refractivity (Wildman–Crippen MR) is 257 cm³/mol. The Hall–Kier alpha value is -6.80. The molecular weight excluding hydrogens is 928 g/mol. The Morgan fingerprint density at radius 1 is 0.773 bits per heavy atom. The maximum absolute atomic E-state index is 13.5. The lowest BCUT2D eigenvalue weighted by atomic mass is 10.1. The third-order valence-electron chi connectivity index (χ3n) is 10.1. The van der Waals surface area contributed by atoms with E-state index < -0.39 is 26.0 Å². The number of aromatic nitrogens is 4. The van der Waals surface area contributed by atoms with Crippen molar-refractivity contribution < 1.29 is 31.2 Å². The van der Waals surface area contributed by atoms with Crippen molar-refractivity contribution in [2.75, 3.05) is 45.4 Å². The molecule has 66 heavy (non-hydrogen) atoms. The predicted octanol–water partition coefficient (Wildman–Crippen LogP) is 6.81. The summed E-state index contributed by atoms with van der Waals surface area (Å²) < 4.78 is 69.0. The summed E-state index contributed by atoms with van der Waals surface area (Å²) in [7, 11) is -1.94. The number of halogens is 2. The molecule has 0 fully saturated rings. The summed E-state index contributed by atoms with van der Waals surface area (Å²) in [5.41, 5.74) is 3.95. The van der Waals surface area contributed by atoms with Crippen LogP contribution in [0.2, 0.25) is 10.0 Å². The number of fused-ring (bicyclic) bond motifs is 2. The Morgan fingerprint density at radius 2 is 1.39 bits per heavy atom. The molecule has 0 aliphatic carbocycles. The summed E-state index contributed by atoms with van der Waals surface area (Å²) in [5.74, 6) is -0.189. The molecular formula is C45H44Cl2N10O7S2. The topological polar surface area (TPSA) is 213 Å². The fourth-order valence-electron chi connectivity index (χ4n) is 6.88. The van der Waals surface area contributed by atoms with Crippen molar-refractivity contribution in [1.82, 2.24) is 29.8 Å². The Kier molecular flexibility index (Phi) is 14.4. The van der Waals surface area contributed by atoms with E-state index in [4.69, 9.17) is 27.9 Å². The quantitative estimate of drug-likeness (QED) is 0.0600. The second-order valence-corrected chi connectivity index (χ2v) is 19.4. The number of aromatic amines is 1. The second-order valence-electron chi connectivity index (χ2n) is 15.4. The lowest BCUT2D eigenvalue weighted by Crippen LogP contribution is -2.20. The summed E-state index contributed by atoms with van der Waals surface area (Å²) >= 11 is 12.9. The van der Waals surface area contributed by atoms with E-state index in [2.05, 4.69) is 34.7 Å². The summed E-state index contributed by atoms with van der Waals surface area (Å²) in [5, 5.41) is 18.3. The Morgan fingerprint density at radius 3 is 2.06 bits per heavy atom. The van der Waals surface area contributed by atoms with Crippen LogP contribution in [0.25, 0.3) is 21.8 Å². The molecule has 0 saturated heterocycles. The number of nitrogens with zero attached hydrogens (tertiary/aromatic N) is 7. The van der Waals surface area contributed by atoms with Crippen LogP contribution in [0, 0.1) is 0 Å². The minimum Gasteiger partial charge on any atom is -0.496 e. The van der Waals surface area contributed by atoms with Gasteiger partial charge in [-0.05, 0) is 65.6 Å². The number of nitrogens with one attached hydrogen (secondary N) is 3. The highest BCUT2D eigenvalue weighted by atomic mass is 35.5. The number of rotatable bonds is 18. The first-order chi connectivity index (χ1) is 31.5. The van der Waals surface area contributed by atoms with Gasteiger partial charge in [0.1, 0.15) is 28.2 Å². The van der Waals surface area contributed by atoms with Gasteiger partial charge in [-0.25, -0.2) is 0 Å². The molecule has 0 atom stereocenters. The van der Waals surface area contributed by atoms with E-state index in [1.54, 1.807) is 92.6 Å². The molecule has 0 saturated carbocycles. The molecule has 2 amide bonds. The Labute approximate surface area is 391 Å². The van der Waals surface area contributed by atoms with Crippen LogP contribution < -0.4 is 15.4 Å². The van der Waals surface area contributed by atoms with Gasteiger partial charge in [0.15, 0.2) is 0 Å². The smallest absolute Gasteiger partial charge is 0.284 e. The van der Waals surface area contributed by atoms with Gasteiger partial charge in [-0.15, -0.1) is 8.80 Å². The number of carbonyl (C=O) groups excluding carboxylic acids is 2. The number of anilines is 2. The van der Waals surface area contributed by atoms with Gasteiger partial charge in [0.05, 0.1) is 43.7 Å². The minimum atomic E-state index is -4.26. The monoisotopic (exact) mass is 970 g/mol. The van der Waals surface area contributed by atoms with Crippen LogP contribution in [0.3, 0.4) is 0 Å². The standard InChI is InChI=1S/C45H44Cl2N10O7S2/c1-55(2)27-49-66(62,63)43-23-34(21-40-36(43)26-57(54-40)25-32-10-6-8-12-41(32)64-4)52-45(59)19-31-14-13-29(17-38(31)47)15-16-56(3)28-50-65(60,61)42-22-33(20-39-35(42)24-48-53-39)51-44(58)18-30-9-5-7-11-37(30)46/h5-14,17,20-24,26-28H,15-16,18-19,25H2,1-4H3,(H,48,53)(H,51,58)(H,52,59). The van der Waals surface area contributed by atoms with Crippen molar-refractivity contribution in [3.05, 3.63) is 136 Å². The average Bonchev–Trinajstić information content (AvgIpc) is 3.92. The molecule has 7 aromatic rings. The number of likely N-dealkylation sites (N-methyl/N-ethyl adjacent to an activating group) is 1. The van der Waals surface area contributed by atoms with E-state index in [1.807, 2.05) is 30.3 Å². The number of hydrogen-bond donors (Lipinski definition) is 3. The molecule has 21 heteroatoms. The Balaban J connectivity index is 0.999. The summed E-state index contributed by atoms with van der Waals surface area (Å²) in [6, 6.07) is 25.5. The molecule has 0 unspecified atom stereocenters. The number of ether oxygens (including phenoxy) is 1. The average molecular weight is 972 g/mol. The molecule has 2 aromatic heterocycles. The van der Waals surface area contributed by atoms with Gasteiger partial charge in [-0.2, -0.15) is 27.0 Å². The van der Waals surface area contributed by atoms with E-state index in [0.717, 1.165) is 11.1 Å². The molecule has 7 rings (SSSR count). The van der Waals surface area contributed by atoms with E-state index >= 15 is 0 Å². The maximum Gasteiger partial charge on any atom is 0.284 e. The van der Waals surface area contributed by atoms with Crippen molar-refractivity contribution in [2.24, 2.45) is 8.80 Å². The molecule has 0 radical (unpaired) electrons. The van der Waals surface area contributed by atoms with Crippen molar-refractivity contribution in [2.45, 2.75) is 35.6 Å². The van der Waals surface area contributed by atoms with Crippen LogP contribution in [-0.4, -0.2) is 106 Å². The van der Waals surface area contributed by atoms with Gasteiger partial charge in [-0.1, -0.05) is 71.7 Å². The van der Waals surface area contributed by atoms with Crippen molar-refractivity contribution in [3.8, 4) is 5.75 Å². The van der Waals surface area contributed by atoms with Crippen molar-refractivity contribution in [3.63, 3.8) is 0 Å². The number of para-hydroxylation sites is 1. The summed E-state index contributed by atoms with van der Waals surface area (Å²) in [4.78, 5) is 29.1. The Bertz CT molecular complexity index is 3240. The molecule has 5 aromatic carbocycles. The fraction of sp³-hybridized carbons (Fsp3) is 0.200. The van der Waals surface area contributed by atoms with E-state index in [1.165, 1.54) is 35.9 Å². The zero-order valence-electron chi connectivity index (χ0n) is 36.1. The van der Waals surface area contributed by atoms with E-state index in [-0.39, 0.29) is 39.9 Å². The van der Waals surface area contributed by atoms with Crippen molar-refractivity contribution in [1.29, 1.82) is 0 Å². The first kappa shape index (κ1) is 47.2. The normalized spacial score (nSPS) is 12.0. The number of hydrogen-bond acceptors (Lipinski definition) is 9. The van der Waals surface area contributed by atoms with Gasteiger partial charge in [0.2, 0.25) is 11.8 Å². The molecule has 3 N–H and O–H groups in total. The molecule has 0 spiro atoms. The SMILES string of the molecule is COc1ccccc1Cn1cc2c(S(=O)(=O)N=CN(C)C)cc(NC(=O)Cc3ccc(CCN(C)C=NS(=O)(=O)c4cc(NC(=O)Cc5ccccc5Cl)cc5[nH]ncc45)cc3Cl)cc2n1. The van der Waals surface area contributed by atoms with Crippen LogP contribution in [0.15, 0.2) is 122 Å². The minimum absolute atomic E-state index is 0.0151. The van der Waals surface area contributed by atoms with Gasteiger partial charge >= 0.3 is 0 Å². The van der Waals surface area contributed by atoms with Crippen LogP contribution in [0.4, 0.5) is 11.4 Å². The number of sulfonamides is 2. The zero-order chi connectivity index (χ0) is 47.2. The van der Waals surface area contributed by atoms with E-state index in [9.17, 15) is 26.4 Å². The second kappa shape index (κ2) is 20.2. The zero-order valence-corrected chi connectivity index (χ0v) is 39.2. The first-order valence-electron chi connectivity index (χ1n) is 20.2. The third kappa shape index (κ3) is 11.5. The van der Waals surface area contributed by atoms with Gasteiger partial charge in [0.25, 0.3) is 20.0 Å². The number of benzene rings is 5.